The van der Waals surface area contributed by atoms with Gasteiger partial charge in [0.2, 0.25) is 0 Å². The molecule has 0 aromatic heterocycles. The Hall–Kier alpha value is -0.980. The molecule has 1 nitrogen and oxygen atoms in total. The standard InChI is InChI=1S/C18H30O/c1-4-6-7-8-9-12-16(15(3)5-2)17-13-10-11-14-18(17)19/h10-11,13-16,19H,4-9,12H2,1-3H3. The van der Waals surface area contributed by atoms with Gasteiger partial charge in [0, 0.05) is 0 Å². The maximum Gasteiger partial charge on any atom is 0.119 e. The highest BCUT2D eigenvalue weighted by Crippen LogP contribution is 2.36. The largest absolute Gasteiger partial charge is 0.508 e. The van der Waals surface area contributed by atoms with Crippen LogP contribution in [0.3, 0.4) is 0 Å². The van der Waals surface area contributed by atoms with Gasteiger partial charge in [-0.25, -0.2) is 0 Å². The average Bonchev–Trinajstić information content (AvgIpc) is 2.43. The van der Waals surface area contributed by atoms with Gasteiger partial charge in [-0.05, 0) is 29.9 Å². The van der Waals surface area contributed by atoms with Crippen LogP contribution in [0.2, 0.25) is 0 Å². The van der Waals surface area contributed by atoms with E-state index in [0.29, 0.717) is 17.6 Å². The van der Waals surface area contributed by atoms with Crippen LogP contribution in [0.5, 0.6) is 5.75 Å². The normalized spacial score (nSPS) is 14.3. The molecule has 19 heavy (non-hydrogen) atoms. The van der Waals surface area contributed by atoms with Gasteiger partial charge in [-0.15, -0.1) is 0 Å². The molecule has 0 bridgehead atoms. The molecule has 0 saturated heterocycles. The number of aromatic hydroxyl groups is 1. The Balaban J connectivity index is 2.60. The van der Waals surface area contributed by atoms with Crippen molar-refractivity contribution in [1.82, 2.24) is 0 Å². The molecule has 0 fully saturated rings. The Morgan fingerprint density at radius 3 is 2.32 bits per heavy atom. The van der Waals surface area contributed by atoms with Crippen molar-refractivity contribution < 1.29 is 5.11 Å². The van der Waals surface area contributed by atoms with Crippen LogP contribution in [0.25, 0.3) is 0 Å². The number of hydrogen-bond donors (Lipinski definition) is 1. The lowest BCUT2D eigenvalue weighted by atomic mass is 9.81. The van der Waals surface area contributed by atoms with E-state index < -0.39 is 0 Å². The zero-order valence-electron chi connectivity index (χ0n) is 12.9. The second kappa shape index (κ2) is 9.01. The highest BCUT2D eigenvalue weighted by molar-refractivity contribution is 5.35. The van der Waals surface area contributed by atoms with Gasteiger partial charge in [0.1, 0.15) is 5.75 Å². The average molecular weight is 262 g/mol. The van der Waals surface area contributed by atoms with Gasteiger partial charge < -0.3 is 5.11 Å². The SMILES string of the molecule is CCCCCCCC(c1ccccc1O)C(C)CC. The molecule has 1 aromatic rings. The summed E-state index contributed by atoms with van der Waals surface area (Å²) in [6.07, 6.45) is 8.99. The lowest BCUT2D eigenvalue weighted by molar-refractivity contribution is 0.385. The van der Waals surface area contributed by atoms with Crippen molar-refractivity contribution in [1.29, 1.82) is 0 Å². The molecule has 0 spiro atoms. The van der Waals surface area contributed by atoms with E-state index in [-0.39, 0.29) is 0 Å². The van der Waals surface area contributed by atoms with Crippen LogP contribution in [0.15, 0.2) is 24.3 Å². The Labute approximate surface area is 119 Å². The number of unbranched alkanes of at least 4 members (excludes halogenated alkanes) is 4. The van der Waals surface area contributed by atoms with Gasteiger partial charge in [0.15, 0.2) is 0 Å². The molecular weight excluding hydrogens is 232 g/mol. The first-order valence-electron chi connectivity index (χ1n) is 7.98. The number of hydrogen-bond acceptors (Lipinski definition) is 1. The fraction of sp³-hybridized carbons (Fsp3) is 0.667. The van der Waals surface area contributed by atoms with Gasteiger partial charge in [0.05, 0.1) is 0 Å². The van der Waals surface area contributed by atoms with E-state index in [1.807, 2.05) is 18.2 Å². The van der Waals surface area contributed by atoms with E-state index in [1.165, 1.54) is 44.9 Å². The third kappa shape index (κ3) is 5.26. The molecule has 0 aliphatic carbocycles. The van der Waals surface area contributed by atoms with Crippen LogP contribution in [-0.2, 0) is 0 Å². The minimum Gasteiger partial charge on any atom is -0.508 e. The van der Waals surface area contributed by atoms with E-state index in [9.17, 15) is 5.11 Å². The highest BCUT2D eigenvalue weighted by atomic mass is 16.3. The van der Waals surface area contributed by atoms with Crippen LogP contribution in [0.4, 0.5) is 0 Å². The summed E-state index contributed by atoms with van der Waals surface area (Å²) in [4.78, 5) is 0. The summed E-state index contributed by atoms with van der Waals surface area (Å²) in [5.74, 6) is 1.62. The van der Waals surface area contributed by atoms with E-state index in [4.69, 9.17) is 0 Å². The van der Waals surface area contributed by atoms with Gasteiger partial charge in [-0.3, -0.25) is 0 Å². The Morgan fingerprint density at radius 2 is 1.68 bits per heavy atom. The summed E-state index contributed by atoms with van der Waals surface area (Å²) in [5.41, 5.74) is 1.15. The molecule has 1 rings (SSSR count). The number of phenols is 1. The fourth-order valence-electron chi connectivity index (χ4n) is 2.80. The lowest BCUT2D eigenvalue weighted by Crippen LogP contribution is -2.09. The van der Waals surface area contributed by atoms with E-state index in [0.717, 1.165) is 5.56 Å². The highest BCUT2D eigenvalue weighted by Gasteiger charge is 2.20. The molecule has 1 aromatic carbocycles. The molecule has 2 atom stereocenters. The van der Waals surface area contributed by atoms with Gasteiger partial charge in [0.25, 0.3) is 0 Å². The quantitative estimate of drug-likeness (QED) is 0.551. The van der Waals surface area contributed by atoms with E-state index in [2.05, 4.69) is 26.8 Å². The van der Waals surface area contributed by atoms with E-state index in [1.54, 1.807) is 0 Å². The topological polar surface area (TPSA) is 20.2 Å². The fourth-order valence-corrected chi connectivity index (χ4v) is 2.80. The molecular formula is C18H30O. The molecule has 0 aliphatic rings. The van der Waals surface area contributed by atoms with Gasteiger partial charge in [-0.1, -0.05) is 77.5 Å². The second-order valence-electron chi connectivity index (χ2n) is 5.75. The van der Waals surface area contributed by atoms with Crippen molar-refractivity contribution in [2.75, 3.05) is 0 Å². The summed E-state index contributed by atoms with van der Waals surface area (Å²) in [6, 6.07) is 7.87. The maximum absolute atomic E-state index is 10.1. The lowest BCUT2D eigenvalue weighted by Gasteiger charge is -2.24. The molecule has 0 amide bonds. The molecule has 0 saturated carbocycles. The first kappa shape index (κ1) is 16.1. The van der Waals surface area contributed by atoms with Crippen molar-refractivity contribution in [3.63, 3.8) is 0 Å². The van der Waals surface area contributed by atoms with Gasteiger partial charge in [-0.2, -0.15) is 0 Å². The summed E-state index contributed by atoms with van der Waals surface area (Å²) >= 11 is 0. The number of rotatable bonds is 9. The zero-order valence-corrected chi connectivity index (χ0v) is 12.9. The predicted octanol–water partition coefficient (Wildman–Crippen LogP) is 5.88. The summed E-state index contributed by atoms with van der Waals surface area (Å²) < 4.78 is 0. The third-order valence-electron chi connectivity index (χ3n) is 4.29. The predicted molar refractivity (Wildman–Crippen MR) is 83.7 cm³/mol. The van der Waals surface area contributed by atoms with Crippen molar-refractivity contribution in [2.45, 2.75) is 71.6 Å². The van der Waals surface area contributed by atoms with Crippen LogP contribution in [-0.4, -0.2) is 5.11 Å². The van der Waals surface area contributed by atoms with Crippen LogP contribution >= 0.6 is 0 Å². The smallest absolute Gasteiger partial charge is 0.119 e. The molecule has 1 N–H and O–H groups in total. The van der Waals surface area contributed by atoms with Crippen molar-refractivity contribution in [3.05, 3.63) is 29.8 Å². The summed E-state index contributed by atoms with van der Waals surface area (Å²) in [6.45, 7) is 6.81. The Bertz CT molecular complexity index is 345. The first-order chi connectivity index (χ1) is 9.20. The monoisotopic (exact) mass is 262 g/mol. The number of para-hydroxylation sites is 1. The Kier molecular flexibility index (Phi) is 7.62. The minimum atomic E-state index is 0.473. The van der Waals surface area contributed by atoms with Crippen LogP contribution in [0.1, 0.15) is 77.2 Å². The van der Waals surface area contributed by atoms with Crippen molar-refractivity contribution in [2.24, 2.45) is 5.92 Å². The third-order valence-corrected chi connectivity index (χ3v) is 4.29. The molecule has 0 radical (unpaired) electrons. The molecule has 108 valence electrons. The minimum absolute atomic E-state index is 0.473. The van der Waals surface area contributed by atoms with E-state index >= 15 is 0 Å². The second-order valence-corrected chi connectivity index (χ2v) is 5.75. The number of phenolic OH excluding ortho intramolecular Hbond substituents is 1. The Morgan fingerprint density at radius 1 is 1.00 bits per heavy atom. The summed E-state index contributed by atoms with van der Waals surface area (Å²) in [5, 5.41) is 10.1. The van der Waals surface area contributed by atoms with Crippen molar-refractivity contribution >= 4 is 0 Å². The first-order valence-corrected chi connectivity index (χ1v) is 7.98. The molecule has 2 unspecified atom stereocenters. The van der Waals surface area contributed by atoms with Crippen LogP contribution in [0, 0.1) is 5.92 Å². The summed E-state index contributed by atoms with van der Waals surface area (Å²) in [7, 11) is 0. The molecule has 0 aliphatic heterocycles. The maximum atomic E-state index is 10.1. The van der Waals surface area contributed by atoms with Gasteiger partial charge >= 0.3 is 0 Å². The number of benzene rings is 1. The molecule has 1 heteroatoms. The van der Waals surface area contributed by atoms with Crippen molar-refractivity contribution in [3.8, 4) is 5.75 Å². The molecule has 0 heterocycles. The van der Waals surface area contributed by atoms with Crippen LogP contribution < -0.4 is 0 Å². The zero-order chi connectivity index (χ0) is 14.1.